The van der Waals surface area contributed by atoms with Gasteiger partial charge in [0.25, 0.3) is 0 Å². The van der Waals surface area contributed by atoms with Gasteiger partial charge in [-0.3, -0.25) is 4.79 Å². The minimum absolute atomic E-state index is 0.0760. The first-order valence-electron chi connectivity index (χ1n) is 5.59. The molecule has 0 saturated heterocycles. The standard InChI is InChI=1S/C10H17N3O4S/c1-4-12(5-2)18(16,17)13-9(7-14)6-11-10(13)8(3)15/h6,14H,4-5,7H2,1-3H3. The monoisotopic (exact) mass is 275 g/mol. The van der Waals surface area contributed by atoms with Crippen LogP contribution in [0.3, 0.4) is 0 Å². The van der Waals surface area contributed by atoms with E-state index in [1.165, 1.54) is 17.4 Å². The minimum Gasteiger partial charge on any atom is -0.390 e. The molecular weight excluding hydrogens is 258 g/mol. The number of aliphatic hydroxyl groups excluding tert-OH is 1. The Morgan fingerprint density at radius 1 is 1.44 bits per heavy atom. The molecule has 0 amide bonds. The molecule has 0 saturated carbocycles. The van der Waals surface area contributed by atoms with Gasteiger partial charge in [0.15, 0.2) is 11.6 Å². The minimum atomic E-state index is -3.87. The van der Waals surface area contributed by atoms with E-state index in [0.717, 1.165) is 3.97 Å². The molecule has 1 N–H and O–H groups in total. The number of imidazole rings is 1. The van der Waals surface area contributed by atoms with Crippen LogP contribution in [0.25, 0.3) is 0 Å². The third-order valence-electron chi connectivity index (χ3n) is 2.53. The van der Waals surface area contributed by atoms with Gasteiger partial charge in [0.1, 0.15) is 0 Å². The molecule has 8 heteroatoms. The van der Waals surface area contributed by atoms with E-state index >= 15 is 0 Å². The molecule has 0 aliphatic carbocycles. The molecule has 1 heterocycles. The molecule has 0 fully saturated rings. The van der Waals surface area contributed by atoms with Gasteiger partial charge in [-0.25, -0.2) is 8.96 Å². The summed E-state index contributed by atoms with van der Waals surface area (Å²) in [7, 11) is -3.87. The number of nitrogens with zero attached hydrogens (tertiary/aromatic N) is 3. The van der Waals surface area contributed by atoms with Crippen LogP contribution >= 0.6 is 0 Å². The van der Waals surface area contributed by atoms with E-state index in [1.54, 1.807) is 13.8 Å². The van der Waals surface area contributed by atoms with Crippen LogP contribution in [0, 0.1) is 0 Å². The molecule has 0 unspecified atom stereocenters. The Kier molecular flexibility index (Phi) is 4.60. The molecule has 7 nitrogen and oxygen atoms in total. The van der Waals surface area contributed by atoms with Crippen molar-refractivity contribution in [2.45, 2.75) is 27.4 Å². The second kappa shape index (κ2) is 5.59. The van der Waals surface area contributed by atoms with Gasteiger partial charge < -0.3 is 5.11 Å². The van der Waals surface area contributed by atoms with Crippen LogP contribution in [0.2, 0.25) is 0 Å². The second-order valence-electron chi connectivity index (χ2n) is 3.64. The van der Waals surface area contributed by atoms with Crippen LogP contribution in [0.1, 0.15) is 37.1 Å². The highest BCUT2D eigenvalue weighted by Crippen LogP contribution is 2.14. The van der Waals surface area contributed by atoms with Gasteiger partial charge in [0.2, 0.25) is 0 Å². The van der Waals surface area contributed by atoms with Gasteiger partial charge in [0.05, 0.1) is 18.5 Å². The summed E-state index contributed by atoms with van der Waals surface area (Å²) in [5.74, 6) is -0.656. The largest absolute Gasteiger partial charge is 0.390 e. The number of aliphatic hydroxyl groups is 1. The molecule has 0 atom stereocenters. The van der Waals surface area contributed by atoms with Gasteiger partial charge in [-0.05, 0) is 0 Å². The van der Waals surface area contributed by atoms with Crippen molar-refractivity contribution in [3.05, 3.63) is 17.7 Å². The van der Waals surface area contributed by atoms with Crippen molar-refractivity contribution in [2.75, 3.05) is 13.1 Å². The average Bonchev–Trinajstić information content (AvgIpc) is 2.74. The average molecular weight is 275 g/mol. The lowest BCUT2D eigenvalue weighted by molar-refractivity contribution is 0.100. The summed E-state index contributed by atoms with van der Waals surface area (Å²) in [6, 6.07) is 0. The Morgan fingerprint density at radius 2 is 2.00 bits per heavy atom. The summed E-state index contributed by atoms with van der Waals surface area (Å²) in [5, 5.41) is 9.15. The number of ketones is 1. The van der Waals surface area contributed by atoms with Crippen molar-refractivity contribution in [3.8, 4) is 0 Å². The van der Waals surface area contributed by atoms with Gasteiger partial charge in [-0.1, -0.05) is 13.8 Å². The summed E-state index contributed by atoms with van der Waals surface area (Å²) in [6.07, 6.45) is 1.19. The number of Topliss-reactive ketones (excluding diaryl/α,β-unsaturated/α-hetero) is 1. The molecular formula is C10H17N3O4S. The zero-order chi connectivity index (χ0) is 13.9. The summed E-state index contributed by atoms with van der Waals surface area (Å²) in [6.45, 7) is 4.69. The molecule has 0 spiro atoms. The first-order valence-corrected chi connectivity index (χ1v) is 6.98. The summed E-state index contributed by atoms with van der Waals surface area (Å²) >= 11 is 0. The van der Waals surface area contributed by atoms with Crippen molar-refractivity contribution in [1.29, 1.82) is 0 Å². The molecule has 1 aromatic heterocycles. The van der Waals surface area contributed by atoms with Crippen LogP contribution in [0.15, 0.2) is 6.20 Å². The van der Waals surface area contributed by atoms with Crippen LogP contribution < -0.4 is 0 Å². The van der Waals surface area contributed by atoms with Crippen LogP contribution in [-0.2, 0) is 16.8 Å². The molecule has 1 aromatic rings. The van der Waals surface area contributed by atoms with Crippen molar-refractivity contribution < 1.29 is 18.3 Å². The highest BCUT2D eigenvalue weighted by molar-refractivity contribution is 7.87. The number of carbonyl (C=O) groups excluding carboxylic acids is 1. The highest BCUT2D eigenvalue weighted by Gasteiger charge is 2.28. The Morgan fingerprint density at radius 3 is 2.39 bits per heavy atom. The molecule has 0 aliphatic rings. The SMILES string of the molecule is CCN(CC)S(=O)(=O)n1c(CO)cnc1C(C)=O. The fourth-order valence-electron chi connectivity index (χ4n) is 1.64. The zero-order valence-corrected chi connectivity index (χ0v) is 11.4. The normalized spacial score (nSPS) is 12.1. The summed E-state index contributed by atoms with van der Waals surface area (Å²) in [5.41, 5.74) is 0.0760. The molecule has 1 rings (SSSR count). The van der Waals surface area contributed by atoms with E-state index in [-0.39, 0.29) is 24.6 Å². The molecule has 0 radical (unpaired) electrons. The van der Waals surface area contributed by atoms with Gasteiger partial charge >= 0.3 is 10.2 Å². The van der Waals surface area contributed by atoms with Crippen LogP contribution in [-0.4, -0.2) is 45.7 Å². The van der Waals surface area contributed by atoms with Crippen molar-refractivity contribution in [2.24, 2.45) is 0 Å². The number of aromatic nitrogens is 2. The Bertz CT molecular complexity index is 531. The first kappa shape index (κ1) is 14.8. The van der Waals surface area contributed by atoms with E-state index in [1.807, 2.05) is 0 Å². The Balaban J connectivity index is 3.47. The molecule has 0 bridgehead atoms. The van der Waals surface area contributed by atoms with Crippen molar-refractivity contribution in [3.63, 3.8) is 0 Å². The predicted octanol–water partition coefficient (Wildman–Crippen LogP) is 0.0127. The number of hydrogen-bond donors (Lipinski definition) is 1. The number of hydrogen-bond acceptors (Lipinski definition) is 5. The topological polar surface area (TPSA) is 92.5 Å². The van der Waals surface area contributed by atoms with E-state index in [4.69, 9.17) is 5.11 Å². The lowest BCUT2D eigenvalue weighted by Gasteiger charge is -2.20. The molecule has 18 heavy (non-hydrogen) atoms. The Hall–Kier alpha value is -1.25. The van der Waals surface area contributed by atoms with E-state index in [0.29, 0.717) is 0 Å². The Labute approximate surface area is 106 Å². The molecule has 0 aliphatic heterocycles. The van der Waals surface area contributed by atoms with Gasteiger partial charge in [-0.15, -0.1) is 0 Å². The summed E-state index contributed by atoms with van der Waals surface area (Å²) < 4.78 is 26.7. The third-order valence-corrected chi connectivity index (χ3v) is 4.57. The number of carbonyl (C=O) groups is 1. The maximum absolute atomic E-state index is 12.3. The predicted molar refractivity (Wildman–Crippen MR) is 65.4 cm³/mol. The zero-order valence-electron chi connectivity index (χ0n) is 10.6. The fraction of sp³-hybridized carbons (Fsp3) is 0.600. The highest BCUT2D eigenvalue weighted by atomic mass is 32.2. The molecule has 0 aromatic carbocycles. The van der Waals surface area contributed by atoms with Gasteiger partial charge in [-0.2, -0.15) is 12.7 Å². The maximum atomic E-state index is 12.3. The maximum Gasteiger partial charge on any atom is 0.309 e. The molecule has 102 valence electrons. The van der Waals surface area contributed by atoms with E-state index in [2.05, 4.69) is 4.98 Å². The second-order valence-corrected chi connectivity index (χ2v) is 5.42. The number of rotatable bonds is 6. The van der Waals surface area contributed by atoms with E-state index in [9.17, 15) is 13.2 Å². The smallest absolute Gasteiger partial charge is 0.309 e. The van der Waals surface area contributed by atoms with Crippen LogP contribution in [0.5, 0.6) is 0 Å². The van der Waals surface area contributed by atoms with E-state index < -0.39 is 22.6 Å². The first-order chi connectivity index (χ1) is 8.39. The quantitative estimate of drug-likeness (QED) is 0.738. The van der Waals surface area contributed by atoms with Crippen molar-refractivity contribution in [1.82, 2.24) is 13.3 Å². The summed E-state index contributed by atoms with van der Waals surface area (Å²) in [4.78, 5) is 15.1. The lowest BCUT2D eigenvalue weighted by atomic mass is 10.4. The van der Waals surface area contributed by atoms with Gasteiger partial charge in [0, 0.05) is 20.0 Å². The van der Waals surface area contributed by atoms with Crippen LogP contribution in [0.4, 0.5) is 0 Å². The fourth-order valence-corrected chi connectivity index (χ4v) is 3.32. The third kappa shape index (κ3) is 2.45. The lowest BCUT2D eigenvalue weighted by Crippen LogP contribution is -2.37. The van der Waals surface area contributed by atoms with Crippen molar-refractivity contribution >= 4 is 16.0 Å².